The first kappa shape index (κ1) is 20.9. The Morgan fingerprint density at radius 1 is 1.12 bits per heavy atom. The van der Waals surface area contributed by atoms with Crippen LogP contribution in [0.25, 0.3) is 0 Å². The van der Waals surface area contributed by atoms with Crippen molar-refractivity contribution in [2.45, 2.75) is 46.8 Å². The van der Waals surface area contributed by atoms with Crippen LogP contribution in [0.2, 0.25) is 0 Å². The molecule has 3 rings (SSSR count). The van der Waals surface area contributed by atoms with E-state index in [9.17, 15) is 4.79 Å². The van der Waals surface area contributed by atoms with Crippen molar-refractivity contribution in [1.29, 1.82) is 0 Å². The number of aryl methyl sites for hydroxylation is 3. The van der Waals surface area contributed by atoms with Gasteiger partial charge >= 0.3 is 0 Å². The molecule has 5 heteroatoms. The molecule has 144 valence electrons. The zero-order chi connectivity index (χ0) is 18.0. The molecule has 1 aromatic carbocycles. The summed E-state index contributed by atoms with van der Waals surface area (Å²) < 4.78 is 5.61. The molecule has 2 heterocycles. The number of rotatable bonds is 3. The molecule has 0 aromatic heterocycles. The standard InChI is InChI=1S/C21H30N2O2.ClH/c1-15-12-16(2)20(17(3)13-15)14-22-7-9-23(10-8-22)21(24)19-6-5-11-25-18(19)4;/h6,12-13,18H,5,7-11,14H2,1-4H3;1H. The van der Waals surface area contributed by atoms with Gasteiger partial charge < -0.3 is 9.64 Å². The summed E-state index contributed by atoms with van der Waals surface area (Å²) >= 11 is 0. The monoisotopic (exact) mass is 378 g/mol. The highest BCUT2D eigenvalue weighted by Crippen LogP contribution is 2.21. The van der Waals surface area contributed by atoms with E-state index in [-0.39, 0.29) is 24.4 Å². The summed E-state index contributed by atoms with van der Waals surface area (Å²) in [7, 11) is 0. The Bertz CT molecular complexity index is 656. The van der Waals surface area contributed by atoms with E-state index >= 15 is 0 Å². The summed E-state index contributed by atoms with van der Waals surface area (Å²) in [4.78, 5) is 17.2. The van der Waals surface area contributed by atoms with Crippen molar-refractivity contribution >= 4 is 18.3 Å². The van der Waals surface area contributed by atoms with E-state index in [1.165, 1.54) is 22.3 Å². The second kappa shape index (κ2) is 9.03. The maximum atomic E-state index is 12.7. The summed E-state index contributed by atoms with van der Waals surface area (Å²) in [6.07, 6.45) is 2.83. The topological polar surface area (TPSA) is 32.8 Å². The lowest BCUT2D eigenvalue weighted by molar-refractivity contribution is -0.130. The molecule has 1 saturated heterocycles. The molecule has 0 bridgehead atoms. The average Bonchev–Trinajstić information content (AvgIpc) is 2.58. The second-order valence-electron chi connectivity index (χ2n) is 7.41. The van der Waals surface area contributed by atoms with Crippen LogP contribution in [0.15, 0.2) is 23.8 Å². The number of piperazine rings is 1. The highest BCUT2D eigenvalue weighted by molar-refractivity contribution is 5.94. The number of hydrogen-bond donors (Lipinski definition) is 0. The number of halogens is 1. The van der Waals surface area contributed by atoms with Gasteiger partial charge in [0.15, 0.2) is 0 Å². The van der Waals surface area contributed by atoms with Crippen LogP contribution in [0, 0.1) is 20.8 Å². The highest BCUT2D eigenvalue weighted by atomic mass is 35.5. The number of amides is 1. The van der Waals surface area contributed by atoms with E-state index in [2.05, 4.69) is 43.9 Å². The normalized spacial score (nSPS) is 21.2. The van der Waals surface area contributed by atoms with E-state index in [1.54, 1.807) is 0 Å². The first-order chi connectivity index (χ1) is 12.0. The third-order valence-electron chi connectivity index (χ3n) is 5.42. The van der Waals surface area contributed by atoms with Crippen LogP contribution < -0.4 is 0 Å². The minimum atomic E-state index is -0.0721. The number of ether oxygens (including phenoxy) is 1. The molecule has 0 spiro atoms. The third kappa shape index (κ3) is 4.67. The van der Waals surface area contributed by atoms with Crippen LogP contribution in [-0.2, 0) is 16.1 Å². The Hall–Kier alpha value is -1.36. The predicted molar refractivity (Wildman–Crippen MR) is 108 cm³/mol. The molecular weight excluding hydrogens is 348 g/mol. The zero-order valence-corrected chi connectivity index (χ0v) is 17.2. The van der Waals surface area contributed by atoms with Crippen LogP contribution in [-0.4, -0.2) is 54.6 Å². The zero-order valence-electron chi connectivity index (χ0n) is 16.4. The van der Waals surface area contributed by atoms with Crippen molar-refractivity contribution in [3.05, 3.63) is 46.0 Å². The summed E-state index contributed by atoms with van der Waals surface area (Å²) in [5.41, 5.74) is 6.34. The molecule has 0 N–H and O–H groups in total. The van der Waals surface area contributed by atoms with E-state index in [0.717, 1.165) is 51.3 Å². The van der Waals surface area contributed by atoms with Gasteiger partial charge in [-0.1, -0.05) is 23.8 Å². The Balaban J connectivity index is 0.00000243. The third-order valence-corrected chi connectivity index (χ3v) is 5.42. The van der Waals surface area contributed by atoms with E-state index in [0.29, 0.717) is 0 Å². The molecule has 1 unspecified atom stereocenters. The van der Waals surface area contributed by atoms with Crippen LogP contribution in [0.4, 0.5) is 0 Å². The molecule has 0 aliphatic carbocycles. The lowest BCUT2D eigenvalue weighted by Crippen LogP contribution is -2.49. The highest BCUT2D eigenvalue weighted by Gasteiger charge is 2.28. The van der Waals surface area contributed by atoms with Gasteiger partial charge in [0, 0.05) is 38.3 Å². The summed E-state index contributed by atoms with van der Waals surface area (Å²) in [5.74, 6) is 0.162. The van der Waals surface area contributed by atoms with Gasteiger partial charge in [-0.15, -0.1) is 12.4 Å². The molecule has 0 saturated carbocycles. The van der Waals surface area contributed by atoms with E-state index in [4.69, 9.17) is 4.74 Å². The molecule has 2 aliphatic rings. The van der Waals surface area contributed by atoms with Gasteiger partial charge in [-0.25, -0.2) is 0 Å². The van der Waals surface area contributed by atoms with Gasteiger partial charge in [0.05, 0.1) is 12.7 Å². The smallest absolute Gasteiger partial charge is 0.252 e. The fraction of sp³-hybridized carbons (Fsp3) is 0.571. The van der Waals surface area contributed by atoms with Crippen molar-refractivity contribution in [2.24, 2.45) is 0 Å². The quantitative estimate of drug-likeness (QED) is 0.808. The molecule has 26 heavy (non-hydrogen) atoms. The van der Waals surface area contributed by atoms with Crippen molar-refractivity contribution in [3.8, 4) is 0 Å². The summed E-state index contributed by atoms with van der Waals surface area (Å²) in [6, 6.07) is 4.53. The van der Waals surface area contributed by atoms with Gasteiger partial charge in [0.2, 0.25) is 0 Å². The Morgan fingerprint density at radius 3 is 2.31 bits per heavy atom. The Labute approximate surface area is 163 Å². The average molecular weight is 379 g/mol. The Morgan fingerprint density at radius 2 is 1.73 bits per heavy atom. The van der Waals surface area contributed by atoms with Crippen LogP contribution in [0.1, 0.15) is 35.6 Å². The largest absolute Gasteiger partial charge is 0.373 e. The number of nitrogens with zero attached hydrogens (tertiary/aromatic N) is 2. The second-order valence-corrected chi connectivity index (χ2v) is 7.41. The van der Waals surface area contributed by atoms with Crippen molar-refractivity contribution < 1.29 is 9.53 Å². The molecule has 1 atom stereocenters. The van der Waals surface area contributed by atoms with Gasteiger partial charge in [0.25, 0.3) is 5.91 Å². The van der Waals surface area contributed by atoms with Gasteiger partial charge in [0.1, 0.15) is 0 Å². The Kier molecular flexibility index (Phi) is 7.27. The van der Waals surface area contributed by atoms with Gasteiger partial charge in [-0.2, -0.15) is 0 Å². The van der Waals surface area contributed by atoms with E-state index in [1.807, 2.05) is 11.8 Å². The molecule has 4 nitrogen and oxygen atoms in total. The maximum Gasteiger partial charge on any atom is 0.252 e. The van der Waals surface area contributed by atoms with Crippen molar-refractivity contribution in [3.63, 3.8) is 0 Å². The molecule has 1 aromatic rings. The number of carbonyl (C=O) groups excluding carboxylic acids is 1. The van der Waals surface area contributed by atoms with E-state index < -0.39 is 0 Å². The molecule has 1 fully saturated rings. The SMILES string of the molecule is Cc1cc(C)c(CN2CCN(C(=O)C3=CCCOC3C)CC2)c(C)c1.Cl. The molecule has 0 radical (unpaired) electrons. The lowest BCUT2D eigenvalue weighted by atomic mass is 9.99. The molecular formula is C21H31ClN2O2. The van der Waals surface area contributed by atoms with Crippen molar-refractivity contribution in [2.75, 3.05) is 32.8 Å². The summed E-state index contributed by atoms with van der Waals surface area (Å²) in [6.45, 7) is 13.7. The fourth-order valence-electron chi connectivity index (χ4n) is 3.95. The van der Waals surface area contributed by atoms with Gasteiger partial charge in [-0.05, 0) is 50.8 Å². The first-order valence-corrected chi connectivity index (χ1v) is 9.35. The van der Waals surface area contributed by atoms with Gasteiger partial charge in [-0.3, -0.25) is 9.69 Å². The number of carbonyl (C=O) groups is 1. The lowest BCUT2D eigenvalue weighted by Gasteiger charge is -2.36. The summed E-state index contributed by atoms with van der Waals surface area (Å²) in [5, 5.41) is 0. The minimum Gasteiger partial charge on any atom is -0.373 e. The molecule has 2 aliphatic heterocycles. The fourth-order valence-corrected chi connectivity index (χ4v) is 3.95. The first-order valence-electron chi connectivity index (χ1n) is 9.35. The maximum absolute atomic E-state index is 12.7. The number of benzene rings is 1. The number of hydrogen-bond acceptors (Lipinski definition) is 3. The van der Waals surface area contributed by atoms with Crippen LogP contribution >= 0.6 is 12.4 Å². The van der Waals surface area contributed by atoms with Crippen LogP contribution in [0.3, 0.4) is 0 Å². The minimum absolute atomic E-state index is 0. The van der Waals surface area contributed by atoms with Crippen LogP contribution in [0.5, 0.6) is 0 Å². The molecule has 1 amide bonds. The van der Waals surface area contributed by atoms with Crippen molar-refractivity contribution in [1.82, 2.24) is 9.80 Å². The predicted octanol–water partition coefficient (Wildman–Crippen LogP) is 3.41.